The average Bonchev–Trinajstić information content (AvgIpc) is 3.15. The zero-order chi connectivity index (χ0) is 16.2. The molecule has 122 valence electrons. The summed E-state index contributed by atoms with van der Waals surface area (Å²) in [5, 5.41) is 3.83. The van der Waals surface area contributed by atoms with Crippen molar-refractivity contribution in [1.29, 1.82) is 0 Å². The van der Waals surface area contributed by atoms with E-state index in [0.717, 1.165) is 11.4 Å². The van der Waals surface area contributed by atoms with Gasteiger partial charge < -0.3 is 14.2 Å². The van der Waals surface area contributed by atoms with Crippen molar-refractivity contribution >= 4 is 5.91 Å². The second-order valence-electron chi connectivity index (χ2n) is 5.99. The van der Waals surface area contributed by atoms with Gasteiger partial charge in [0.1, 0.15) is 5.76 Å². The largest absolute Gasteiger partial charge is 0.384 e. The van der Waals surface area contributed by atoms with E-state index in [4.69, 9.17) is 9.26 Å². The highest BCUT2D eigenvalue weighted by atomic mass is 16.5. The molecule has 1 aliphatic rings. The predicted molar refractivity (Wildman–Crippen MR) is 83.9 cm³/mol. The number of nitrogens with zero attached hydrogens (tertiary/aromatic N) is 3. The van der Waals surface area contributed by atoms with Crippen LogP contribution in [0.1, 0.15) is 23.1 Å². The van der Waals surface area contributed by atoms with E-state index in [9.17, 15) is 4.79 Å². The Morgan fingerprint density at radius 2 is 2.30 bits per heavy atom. The number of hydrogen-bond acceptors (Lipinski definition) is 5. The van der Waals surface area contributed by atoms with Crippen molar-refractivity contribution in [2.45, 2.75) is 19.3 Å². The summed E-state index contributed by atoms with van der Waals surface area (Å²) in [6.45, 7) is 3.81. The van der Waals surface area contributed by atoms with E-state index in [1.165, 1.54) is 0 Å². The van der Waals surface area contributed by atoms with Gasteiger partial charge in [0.25, 0.3) is 0 Å². The van der Waals surface area contributed by atoms with Gasteiger partial charge in [-0.3, -0.25) is 9.78 Å². The molecule has 0 unspecified atom stereocenters. The van der Waals surface area contributed by atoms with E-state index in [1.807, 2.05) is 30.0 Å². The van der Waals surface area contributed by atoms with Gasteiger partial charge in [0.15, 0.2) is 0 Å². The van der Waals surface area contributed by atoms with Crippen molar-refractivity contribution in [3.8, 4) is 0 Å². The van der Waals surface area contributed by atoms with E-state index in [-0.39, 0.29) is 24.2 Å². The van der Waals surface area contributed by atoms with Gasteiger partial charge in [-0.1, -0.05) is 11.2 Å². The Morgan fingerprint density at radius 1 is 1.43 bits per heavy atom. The first kappa shape index (κ1) is 15.7. The number of ether oxygens (including phenoxy) is 1. The van der Waals surface area contributed by atoms with E-state index in [2.05, 4.69) is 10.1 Å². The molecule has 6 nitrogen and oxygen atoms in total. The minimum atomic E-state index is 0.0562. The Labute approximate surface area is 135 Å². The first-order valence-electron chi connectivity index (χ1n) is 7.77. The summed E-state index contributed by atoms with van der Waals surface area (Å²) in [4.78, 5) is 18.9. The van der Waals surface area contributed by atoms with Crippen LogP contribution < -0.4 is 0 Å². The maximum absolute atomic E-state index is 12.5. The van der Waals surface area contributed by atoms with Crippen LogP contribution in [0.3, 0.4) is 0 Å². The smallest absolute Gasteiger partial charge is 0.230 e. The van der Waals surface area contributed by atoms with Crippen molar-refractivity contribution in [2.75, 3.05) is 26.8 Å². The van der Waals surface area contributed by atoms with Gasteiger partial charge in [0, 0.05) is 50.0 Å². The number of aromatic nitrogens is 2. The molecule has 1 fully saturated rings. The van der Waals surface area contributed by atoms with Crippen molar-refractivity contribution in [3.05, 3.63) is 47.6 Å². The molecular formula is C17H21N3O3. The minimum Gasteiger partial charge on any atom is -0.384 e. The Kier molecular flexibility index (Phi) is 4.71. The molecule has 6 heteroatoms. The van der Waals surface area contributed by atoms with Gasteiger partial charge in [0.05, 0.1) is 18.7 Å². The quantitative estimate of drug-likeness (QED) is 0.841. The standard InChI is InChI=1S/C17H21N3O3/c1-12-7-14(23-19-12)8-17(21)20-9-13(11-22-2)15(10-20)16-5-3-4-6-18-16/h3-7,13,15H,8-11H2,1-2H3/t13-,15+/m0/s1. The van der Waals surface area contributed by atoms with E-state index in [0.29, 0.717) is 25.5 Å². The van der Waals surface area contributed by atoms with E-state index < -0.39 is 0 Å². The van der Waals surface area contributed by atoms with Crippen LogP contribution in [0, 0.1) is 12.8 Å². The maximum atomic E-state index is 12.5. The van der Waals surface area contributed by atoms with Crippen LogP contribution in [0.15, 0.2) is 35.0 Å². The number of rotatable bonds is 5. The summed E-state index contributed by atoms with van der Waals surface area (Å²) >= 11 is 0. The summed E-state index contributed by atoms with van der Waals surface area (Å²) < 4.78 is 10.5. The fourth-order valence-electron chi connectivity index (χ4n) is 3.15. The predicted octanol–water partition coefficient (Wildman–Crippen LogP) is 1.81. The maximum Gasteiger partial charge on any atom is 0.230 e. The number of pyridine rings is 1. The van der Waals surface area contributed by atoms with Crippen LogP contribution >= 0.6 is 0 Å². The first-order chi connectivity index (χ1) is 11.2. The lowest BCUT2D eigenvalue weighted by Crippen LogP contribution is -2.30. The monoisotopic (exact) mass is 315 g/mol. The molecule has 2 atom stereocenters. The first-order valence-corrected chi connectivity index (χ1v) is 7.77. The third kappa shape index (κ3) is 3.59. The number of carbonyl (C=O) groups is 1. The minimum absolute atomic E-state index is 0.0562. The zero-order valence-electron chi connectivity index (χ0n) is 13.4. The molecule has 3 rings (SSSR count). The van der Waals surface area contributed by atoms with Crippen LogP contribution in [-0.2, 0) is 16.0 Å². The van der Waals surface area contributed by atoms with Crippen LogP contribution in [0.4, 0.5) is 0 Å². The van der Waals surface area contributed by atoms with E-state index in [1.54, 1.807) is 19.4 Å². The Bertz CT molecular complexity index is 656. The van der Waals surface area contributed by atoms with Gasteiger partial charge in [-0.05, 0) is 19.1 Å². The van der Waals surface area contributed by atoms with Crippen LogP contribution in [-0.4, -0.2) is 47.8 Å². The molecular weight excluding hydrogens is 294 g/mol. The molecule has 0 N–H and O–H groups in total. The third-order valence-corrected chi connectivity index (χ3v) is 4.24. The number of likely N-dealkylation sites (tertiary alicyclic amines) is 1. The third-order valence-electron chi connectivity index (χ3n) is 4.24. The summed E-state index contributed by atoms with van der Waals surface area (Å²) in [6, 6.07) is 7.70. The second-order valence-corrected chi connectivity index (χ2v) is 5.99. The highest BCUT2D eigenvalue weighted by Gasteiger charge is 2.36. The molecule has 0 aromatic carbocycles. The number of methoxy groups -OCH3 is 1. The summed E-state index contributed by atoms with van der Waals surface area (Å²) in [7, 11) is 1.69. The Hall–Kier alpha value is -2.21. The molecule has 1 saturated heterocycles. The van der Waals surface area contributed by atoms with Crippen LogP contribution in [0.5, 0.6) is 0 Å². The van der Waals surface area contributed by atoms with Crippen molar-refractivity contribution in [2.24, 2.45) is 5.92 Å². The molecule has 0 saturated carbocycles. The normalized spacial score (nSPS) is 20.9. The second kappa shape index (κ2) is 6.91. The van der Waals surface area contributed by atoms with Gasteiger partial charge in [0.2, 0.25) is 5.91 Å². The van der Waals surface area contributed by atoms with Crippen LogP contribution in [0.2, 0.25) is 0 Å². The van der Waals surface area contributed by atoms with Crippen molar-refractivity contribution in [1.82, 2.24) is 15.0 Å². The van der Waals surface area contributed by atoms with Crippen LogP contribution in [0.25, 0.3) is 0 Å². The molecule has 1 amide bonds. The molecule has 0 spiro atoms. The lowest BCUT2D eigenvalue weighted by atomic mass is 9.93. The molecule has 0 aliphatic carbocycles. The van der Waals surface area contributed by atoms with Crippen molar-refractivity contribution < 1.29 is 14.1 Å². The fraction of sp³-hybridized carbons (Fsp3) is 0.471. The summed E-state index contributed by atoms with van der Waals surface area (Å²) in [5.74, 6) is 1.13. The Morgan fingerprint density at radius 3 is 2.96 bits per heavy atom. The van der Waals surface area contributed by atoms with E-state index >= 15 is 0 Å². The Balaban J connectivity index is 1.70. The number of hydrogen-bond donors (Lipinski definition) is 0. The molecule has 2 aromatic heterocycles. The van der Waals surface area contributed by atoms with Crippen molar-refractivity contribution in [3.63, 3.8) is 0 Å². The summed E-state index contributed by atoms with van der Waals surface area (Å²) in [5.41, 5.74) is 1.80. The molecule has 2 aromatic rings. The van der Waals surface area contributed by atoms with Gasteiger partial charge >= 0.3 is 0 Å². The molecule has 23 heavy (non-hydrogen) atoms. The van der Waals surface area contributed by atoms with Gasteiger partial charge in [-0.2, -0.15) is 0 Å². The number of carbonyl (C=O) groups excluding carboxylic acids is 1. The lowest BCUT2D eigenvalue weighted by Gasteiger charge is -2.16. The SMILES string of the molecule is COC[C@@H]1CN(C(=O)Cc2cc(C)no2)C[C@H]1c1ccccn1. The number of amides is 1. The fourth-order valence-corrected chi connectivity index (χ4v) is 3.15. The highest BCUT2D eigenvalue weighted by Crippen LogP contribution is 2.32. The van der Waals surface area contributed by atoms with Gasteiger partial charge in [-0.25, -0.2) is 0 Å². The highest BCUT2D eigenvalue weighted by molar-refractivity contribution is 5.78. The van der Waals surface area contributed by atoms with Gasteiger partial charge in [-0.15, -0.1) is 0 Å². The topological polar surface area (TPSA) is 68.5 Å². The molecule has 1 aliphatic heterocycles. The zero-order valence-corrected chi connectivity index (χ0v) is 13.4. The molecule has 0 bridgehead atoms. The molecule has 3 heterocycles. The average molecular weight is 315 g/mol. The summed E-state index contributed by atoms with van der Waals surface area (Å²) in [6.07, 6.45) is 2.04. The lowest BCUT2D eigenvalue weighted by molar-refractivity contribution is -0.130. The molecule has 0 radical (unpaired) electrons. The number of aryl methyl sites for hydroxylation is 1.